The van der Waals surface area contributed by atoms with E-state index in [4.69, 9.17) is 0 Å². The van der Waals surface area contributed by atoms with E-state index in [1.807, 2.05) is 6.92 Å². The molecule has 2 unspecified atom stereocenters. The van der Waals surface area contributed by atoms with Gasteiger partial charge in [-0.15, -0.1) is 0 Å². The molecule has 0 bridgehead atoms. The topological polar surface area (TPSA) is 41.1 Å². The van der Waals surface area contributed by atoms with Crippen LogP contribution in [0.25, 0.3) is 0 Å². The number of hydrogen-bond donors (Lipinski definition) is 2. The summed E-state index contributed by atoms with van der Waals surface area (Å²) < 4.78 is 39.1. The van der Waals surface area contributed by atoms with Crippen molar-refractivity contribution in [3.8, 4) is 0 Å². The van der Waals surface area contributed by atoms with Gasteiger partial charge in [0, 0.05) is 19.0 Å². The molecule has 1 aromatic carbocycles. The van der Waals surface area contributed by atoms with Crippen molar-refractivity contribution in [3.05, 3.63) is 35.9 Å². The van der Waals surface area contributed by atoms with E-state index in [0.717, 1.165) is 0 Å². The number of halogens is 3. The SMILES string of the molecule is CNC(C)CNC(=O)CC(c1ccccc1)C(F)(F)F. The highest BCUT2D eigenvalue weighted by atomic mass is 19.4. The van der Waals surface area contributed by atoms with Crippen LogP contribution in [0.4, 0.5) is 13.2 Å². The van der Waals surface area contributed by atoms with Crippen LogP contribution in [-0.2, 0) is 4.79 Å². The Balaban J connectivity index is 2.70. The van der Waals surface area contributed by atoms with Gasteiger partial charge in [0.05, 0.1) is 5.92 Å². The van der Waals surface area contributed by atoms with Crippen molar-refractivity contribution in [1.82, 2.24) is 10.6 Å². The molecule has 1 aromatic rings. The Kier molecular flexibility index (Phi) is 6.01. The molecule has 0 spiro atoms. The molecular formula is C14H19F3N2O. The summed E-state index contributed by atoms with van der Waals surface area (Å²) >= 11 is 0. The summed E-state index contributed by atoms with van der Waals surface area (Å²) in [5.74, 6) is -2.37. The fourth-order valence-electron chi connectivity index (χ4n) is 1.73. The average molecular weight is 288 g/mol. The van der Waals surface area contributed by atoms with Crippen LogP contribution in [0, 0.1) is 0 Å². The van der Waals surface area contributed by atoms with Gasteiger partial charge in [-0.3, -0.25) is 4.79 Å². The lowest BCUT2D eigenvalue weighted by Gasteiger charge is -2.21. The second-order valence-electron chi connectivity index (χ2n) is 4.70. The molecule has 0 saturated heterocycles. The Bertz CT molecular complexity index is 420. The summed E-state index contributed by atoms with van der Waals surface area (Å²) in [7, 11) is 1.72. The number of hydrogen-bond acceptors (Lipinski definition) is 2. The van der Waals surface area contributed by atoms with E-state index < -0.39 is 24.4 Å². The van der Waals surface area contributed by atoms with Gasteiger partial charge in [-0.25, -0.2) is 0 Å². The summed E-state index contributed by atoms with van der Waals surface area (Å²) in [6.07, 6.45) is -5.03. The summed E-state index contributed by atoms with van der Waals surface area (Å²) in [4.78, 5) is 11.7. The van der Waals surface area contributed by atoms with Gasteiger partial charge in [0.15, 0.2) is 0 Å². The van der Waals surface area contributed by atoms with E-state index in [0.29, 0.717) is 6.54 Å². The maximum absolute atomic E-state index is 13.0. The lowest BCUT2D eigenvalue weighted by molar-refractivity contribution is -0.157. The maximum Gasteiger partial charge on any atom is 0.396 e. The van der Waals surface area contributed by atoms with Gasteiger partial charge in [0.1, 0.15) is 0 Å². The van der Waals surface area contributed by atoms with Crippen molar-refractivity contribution >= 4 is 5.91 Å². The molecule has 0 fully saturated rings. The number of likely N-dealkylation sites (N-methyl/N-ethyl adjacent to an activating group) is 1. The highest BCUT2D eigenvalue weighted by Gasteiger charge is 2.41. The van der Waals surface area contributed by atoms with Crippen molar-refractivity contribution < 1.29 is 18.0 Å². The Hall–Kier alpha value is -1.56. The number of nitrogens with one attached hydrogen (secondary N) is 2. The standard InChI is InChI=1S/C14H19F3N2O/c1-10(18-2)9-19-13(20)8-12(14(15,16)17)11-6-4-3-5-7-11/h3-7,10,12,18H,8-9H2,1-2H3,(H,19,20). The van der Waals surface area contributed by atoms with Gasteiger partial charge >= 0.3 is 6.18 Å². The van der Waals surface area contributed by atoms with Crippen LogP contribution in [0.15, 0.2) is 30.3 Å². The third-order valence-corrected chi connectivity index (χ3v) is 3.08. The van der Waals surface area contributed by atoms with Gasteiger partial charge < -0.3 is 10.6 Å². The van der Waals surface area contributed by atoms with Crippen molar-refractivity contribution in [3.63, 3.8) is 0 Å². The number of benzene rings is 1. The Morgan fingerprint density at radius 3 is 2.35 bits per heavy atom. The molecule has 0 radical (unpaired) electrons. The molecule has 3 nitrogen and oxygen atoms in total. The molecule has 0 aliphatic carbocycles. The molecule has 0 heterocycles. The van der Waals surface area contributed by atoms with Crippen LogP contribution in [0.5, 0.6) is 0 Å². The number of amides is 1. The molecule has 20 heavy (non-hydrogen) atoms. The smallest absolute Gasteiger partial charge is 0.355 e. The zero-order chi connectivity index (χ0) is 15.2. The second-order valence-corrected chi connectivity index (χ2v) is 4.70. The molecule has 0 aliphatic rings. The molecule has 6 heteroatoms. The third kappa shape index (κ3) is 5.21. The van der Waals surface area contributed by atoms with Crippen molar-refractivity contribution in [1.29, 1.82) is 0 Å². The maximum atomic E-state index is 13.0. The van der Waals surface area contributed by atoms with E-state index in [1.165, 1.54) is 24.3 Å². The van der Waals surface area contributed by atoms with E-state index in [-0.39, 0.29) is 11.6 Å². The van der Waals surface area contributed by atoms with Crippen molar-refractivity contribution in [2.45, 2.75) is 31.5 Å². The summed E-state index contributed by atoms with van der Waals surface area (Å²) in [6.45, 7) is 2.13. The highest BCUT2D eigenvalue weighted by Crippen LogP contribution is 2.37. The summed E-state index contributed by atoms with van der Waals surface area (Å²) in [6, 6.07) is 7.51. The molecule has 1 amide bonds. The van der Waals surface area contributed by atoms with Crippen LogP contribution >= 0.6 is 0 Å². The van der Waals surface area contributed by atoms with Crippen molar-refractivity contribution in [2.75, 3.05) is 13.6 Å². The summed E-state index contributed by atoms with van der Waals surface area (Å²) in [5.41, 5.74) is 0.108. The van der Waals surface area contributed by atoms with Gasteiger partial charge in [-0.05, 0) is 19.5 Å². The molecule has 2 atom stereocenters. The first kappa shape index (κ1) is 16.5. The zero-order valence-electron chi connectivity index (χ0n) is 11.5. The van der Waals surface area contributed by atoms with Crippen LogP contribution in [0.2, 0.25) is 0 Å². The van der Waals surface area contributed by atoms with Crippen molar-refractivity contribution in [2.24, 2.45) is 0 Å². The minimum absolute atomic E-state index is 0.0139. The predicted octanol–water partition coefficient (Wildman–Crippen LogP) is 2.45. The first-order chi connectivity index (χ1) is 9.34. The average Bonchev–Trinajstić information content (AvgIpc) is 2.41. The monoisotopic (exact) mass is 288 g/mol. The number of alkyl halides is 3. The fourth-order valence-corrected chi connectivity index (χ4v) is 1.73. The minimum Gasteiger partial charge on any atom is -0.355 e. The highest BCUT2D eigenvalue weighted by molar-refractivity contribution is 5.77. The molecule has 112 valence electrons. The van der Waals surface area contributed by atoms with E-state index in [2.05, 4.69) is 10.6 Å². The van der Waals surface area contributed by atoms with Gasteiger partial charge in [0.25, 0.3) is 0 Å². The molecular weight excluding hydrogens is 269 g/mol. The summed E-state index contributed by atoms with van der Waals surface area (Å²) in [5, 5.41) is 5.40. The second kappa shape index (κ2) is 7.28. The third-order valence-electron chi connectivity index (χ3n) is 3.08. The normalized spacial score (nSPS) is 14.7. The van der Waals surface area contributed by atoms with Crippen LogP contribution in [0.3, 0.4) is 0 Å². The molecule has 0 aliphatic heterocycles. The molecule has 2 N–H and O–H groups in total. The minimum atomic E-state index is -4.44. The van der Waals surface area contributed by atoms with E-state index in [1.54, 1.807) is 13.1 Å². The molecule has 0 aromatic heterocycles. The molecule has 1 rings (SSSR count). The fraction of sp³-hybridized carbons (Fsp3) is 0.500. The van der Waals surface area contributed by atoms with Crippen LogP contribution < -0.4 is 10.6 Å². The van der Waals surface area contributed by atoms with Gasteiger partial charge in [-0.1, -0.05) is 30.3 Å². The lowest BCUT2D eigenvalue weighted by Crippen LogP contribution is -2.38. The van der Waals surface area contributed by atoms with E-state index >= 15 is 0 Å². The number of rotatable bonds is 6. The van der Waals surface area contributed by atoms with Gasteiger partial charge in [0.2, 0.25) is 5.91 Å². The quantitative estimate of drug-likeness (QED) is 0.844. The first-order valence-electron chi connectivity index (χ1n) is 6.40. The van der Waals surface area contributed by atoms with Crippen LogP contribution in [-0.4, -0.2) is 31.7 Å². The molecule has 0 saturated carbocycles. The predicted molar refractivity (Wildman–Crippen MR) is 71.4 cm³/mol. The number of carbonyl (C=O) groups is 1. The largest absolute Gasteiger partial charge is 0.396 e. The van der Waals surface area contributed by atoms with Gasteiger partial charge in [-0.2, -0.15) is 13.2 Å². The first-order valence-corrected chi connectivity index (χ1v) is 6.40. The van der Waals surface area contributed by atoms with E-state index in [9.17, 15) is 18.0 Å². The Labute approximate surface area is 116 Å². The number of carbonyl (C=O) groups excluding carboxylic acids is 1. The Morgan fingerprint density at radius 2 is 1.85 bits per heavy atom. The van der Waals surface area contributed by atoms with Crippen LogP contribution in [0.1, 0.15) is 24.8 Å². The Morgan fingerprint density at radius 1 is 1.25 bits per heavy atom. The zero-order valence-corrected chi connectivity index (χ0v) is 11.5. The lowest BCUT2D eigenvalue weighted by atomic mass is 9.95.